The number of carbonyl (C=O) groups is 1. The molecule has 0 saturated carbocycles. The van der Waals surface area contributed by atoms with Gasteiger partial charge in [0.05, 0.1) is 0 Å². The first-order valence-corrected chi connectivity index (χ1v) is 4.77. The van der Waals surface area contributed by atoms with Gasteiger partial charge in [0.25, 0.3) is 0 Å². The molecule has 3 N–H and O–H groups in total. The van der Waals surface area contributed by atoms with Gasteiger partial charge < -0.3 is 15.7 Å². The minimum absolute atomic E-state index is 0.530. The maximum atomic E-state index is 10.7. The Bertz CT molecular complexity index is 186. The van der Waals surface area contributed by atoms with E-state index in [1.165, 1.54) is 12.8 Å². The van der Waals surface area contributed by atoms with Crippen LogP contribution in [-0.4, -0.2) is 41.1 Å². The van der Waals surface area contributed by atoms with Gasteiger partial charge in [-0.15, -0.1) is 0 Å². The molecule has 1 atom stereocenters. The lowest BCUT2D eigenvalue weighted by atomic mass is 10.00. The van der Waals surface area contributed by atoms with Crippen LogP contribution < -0.4 is 5.73 Å². The zero-order valence-corrected chi connectivity index (χ0v) is 8.12. The highest BCUT2D eigenvalue weighted by Gasteiger charge is 2.28. The quantitative estimate of drug-likeness (QED) is 0.661. The molecule has 4 heteroatoms. The first-order valence-electron chi connectivity index (χ1n) is 4.77. The molecule has 0 spiro atoms. The lowest BCUT2D eigenvalue weighted by molar-refractivity contribution is -0.143. The number of nitrogens with two attached hydrogens (primary N) is 1. The molecule has 0 aromatic carbocycles. The Morgan fingerprint density at radius 1 is 1.54 bits per heavy atom. The third-order valence-corrected chi connectivity index (χ3v) is 2.63. The molecule has 1 aliphatic heterocycles. The van der Waals surface area contributed by atoms with Crippen LogP contribution in [0, 0.1) is 0 Å². The average molecular weight is 186 g/mol. The Morgan fingerprint density at radius 2 is 2.08 bits per heavy atom. The van der Waals surface area contributed by atoms with E-state index < -0.39 is 11.5 Å². The van der Waals surface area contributed by atoms with Crippen molar-refractivity contribution in [2.45, 2.75) is 31.7 Å². The molecular weight excluding hydrogens is 168 g/mol. The zero-order chi connectivity index (χ0) is 9.90. The van der Waals surface area contributed by atoms with E-state index in [9.17, 15) is 4.79 Å². The van der Waals surface area contributed by atoms with Crippen molar-refractivity contribution < 1.29 is 9.90 Å². The summed E-state index contributed by atoms with van der Waals surface area (Å²) in [6.45, 7) is 4.57. The van der Waals surface area contributed by atoms with Crippen molar-refractivity contribution in [3.8, 4) is 0 Å². The van der Waals surface area contributed by atoms with Gasteiger partial charge in [0.1, 0.15) is 5.54 Å². The minimum atomic E-state index is -1.07. The molecule has 0 aromatic heterocycles. The first kappa shape index (κ1) is 10.5. The normalized spacial score (nSPS) is 22.9. The molecule has 0 aliphatic carbocycles. The summed E-state index contributed by atoms with van der Waals surface area (Å²) in [5.41, 5.74) is 4.54. The Kier molecular flexibility index (Phi) is 3.27. The van der Waals surface area contributed by atoms with Crippen molar-refractivity contribution in [2.24, 2.45) is 5.73 Å². The minimum Gasteiger partial charge on any atom is -0.480 e. The van der Waals surface area contributed by atoms with Crippen molar-refractivity contribution >= 4 is 5.97 Å². The summed E-state index contributed by atoms with van der Waals surface area (Å²) in [6, 6.07) is 0. The van der Waals surface area contributed by atoms with E-state index in [1.807, 2.05) is 0 Å². The molecule has 1 rings (SSSR count). The van der Waals surface area contributed by atoms with Gasteiger partial charge in [-0.05, 0) is 39.3 Å². The van der Waals surface area contributed by atoms with Crippen LogP contribution in [0.3, 0.4) is 0 Å². The molecule has 0 amide bonds. The summed E-state index contributed by atoms with van der Waals surface area (Å²) >= 11 is 0. The Morgan fingerprint density at radius 3 is 2.54 bits per heavy atom. The van der Waals surface area contributed by atoms with Crippen LogP contribution in [0.4, 0.5) is 0 Å². The van der Waals surface area contributed by atoms with Gasteiger partial charge in [-0.1, -0.05) is 0 Å². The molecule has 0 aromatic rings. The lowest BCUT2D eigenvalue weighted by Gasteiger charge is -2.22. The number of hydrogen-bond donors (Lipinski definition) is 2. The summed E-state index contributed by atoms with van der Waals surface area (Å²) in [5.74, 6) is -0.910. The topological polar surface area (TPSA) is 66.6 Å². The summed E-state index contributed by atoms with van der Waals surface area (Å²) < 4.78 is 0. The fourth-order valence-electron chi connectivity index (χ4n) is 1.50. The zero-order valence-electron chi connectivity index (χ0n) is 8.12. The predicted molar refractivity (Wildman–Crippen MR) is 50.5 cm³/mol. The second-order valence-corrected chi connectivity index (χ2v) is 4.02. The predicted octanol–water partition coefficient (Wildman–Crippen LogP) is 0.274. The van der Waals surface area contributed by atoms with Crippen molar-refractivity contribution in [1.82, 2.24) is 4.90 Å². The van der Waals surface area contributed by atoms with E-state index in [-0.39, 0.29) is 0 Å². The van der Waals surface area contributed by atoms with Gasteiger partial charge in [0.2, 0.25) is 0 Å². The van der Waals surface area contributed by atoms with E-state index in [0.717, 1.165) is 19.6 Å². The van der Waals surface area contributed by atoms with Crippen molar-refractivity contribution in [3.05, 3.63) is 0 Å². The second kappa shape index (κ2) is 4.07. The third-order valence-electron chi connectivity index (χ3n) is 2.63. The SMILES string of the molecule is CC(N)(CCN1CCCC1)C(=O)O. The van der Waals surface area contributed by atoms with E-state index in [0.29, 0.717) is 6.42 Å². The van der Waals surface area contributed by atoms with Crippen molar-refractivity contribution in [1.29, 1.82) is 0 Å². The van der Waals surface area contributed by atoms with Gasteiger partial charge >= 0.3 is 5.97 Å². The number of rotatable bonds is 4. The Labute approximate surface area is 78.7 Å². The highest BCUT2D eigenvalue weighted by atomic mass is 16.4. The molecule has 13 heavy (non-hydrogen) atoms. The summed E-state index contributed by atoms with van der Waals surface area (Å²) in [7, 11) is 0. The summed E-state index contributed by atoms with van der Waals surface area (Å²) in [6.07, 6.45) is 2.99. The highest BCUT2D eigenvalue weighted by Crippen LogP contribution is 2.12. The second-order valence-electron chi connectivity index (χ2n) is 4.02. The molecule has 4 nitrogen and oxygen atoms in total. The lowest BCUT2D eigenvalue weighted by Crippen LogP contribution is -2.47. The Balaban J connectivity index is 2.28. The van der Waals surface area contributed by atoms with E-state index in [4.69, 9.17) is 10.8 Å². The first-order chi connectivity index (χ1) is 6.02. The number of carboxylic acids is 1. The number of likely N-dealkylation sites (tertiary alicyclic amines) is 1. The fraction of sp³-hybridized carbons (Fsp3) is 0.889. The molecule has 0 radical (unpaired) electrons. The van der Waals surface area contributed by atoms with Crippen LogP contribution in [-0.2, 0) is 4.79 Å². The molecular formula is C9H18N2O2. The number of hydrogen-bond acceptors (Lipinski definition) is 3. The standard InChI is InChI=1S/C9H18N2O2/c1-9(10,8(12)13)4-7-11-5-2-3-6-11/h2-7,10H2,1H3,(H,12,13). The van der Waals surface area contributed by atoms with Crippen LogP contribution in [0.25, 0.3) is 0 Å². The highest BCUT2D eigenvalue weighted by molar-refractivity contribution is 5.77. The number of aliphatic carboxylic acids is 1. The number of nitrogens with zero attached hydrogens (tertiary/aromatic N) is 1. The van der Waals surface area contributed by atoms with Crippen LogP contribution in [0.15, 0.2) is 0 Å². The van der Waals surface area contributed by atoms with Gasteiger partial charge in [0.15, 0.2) is 0 Å². The maximum absolute atomic E-state index is 10.7. The summed E-state index contributed by atoms with van der Waals surface area (Å²) in [5, 5.41) is 8.77. The largest absolute Gasteiger partial charge is 0.480 e. The van der Waals surface area contributed by atoms with Crippen molar-refractivity contribution in [2.75, 3.05) is 19.6 Å². The van der Waals surface area contributed by atoms with E-state index >= 15 is 0 Å². The van der Waals surface area contributed by atoms with Crippen LogP contribution in [0.5, 0.6) is 0 Å². The smallest absolute Gasteiger partial charge is 0.323 e. The molecule has 0 bridgehead atoms. The molecule has 76 valence electrons. The Hall–Kier alpha value is -0.610. The fourth-order valence-corrected chi connectivity index (χ4v) is 1.50. The van der Waals surface area contributed by atoms with Gasteiger partial charge in [-0.2, -0.15) is 0 Å². The molecule has 1 saturated heterocycles. The van der Waals surface area contributed by atoms with E-state index in [1.54, 1.807) is 6.92 Å². The number of carboxylic acid groups (broad SMARTS) is 1. The van der Waals surface area contributed by atoms with E-state index in [2.05, 4.69) is 4.90 Å². The van der Waals surface area contributed by atoms with Gasteiger partial charge in [-0.25, -0.2) is 0 Å². The van der Waals surface area contributed by atoms with Gasteiger partial charge in [0, 0.05) is 6.54 Å². The molecule has 1 fully saturated rings. The molecule has 1 heterocycles. The molecule has 1 aliphatic rings. The third kappa shape index (κ3) is 2.97. The average Bonchev–Trinajstić information content (AvgIpc) is 2.52. The van der Waals surface area contributed by atoms with Gasteiger partial charge in [-0.3, -0.25) is 4.79 Å². The van der Waals surface area contributed by atoms with Crippen LogP contribution in [0.2, 0.25) is 0 Å². The van der Waals surface area contributed by atoms with Crippen LogP contribution >= 0.6 is 0 Å². The summed E-state index contributed by atoms with van der Waals surface area (Å²) in [4.78, 5) is 13.0. The van der Waals surface area contributed by atoms with Crippen molar-refractivity contribution in [3.63, 3.8) is 0 Å². The van der Waals surface area contributed by atoms with Crippen LogP contribution in [0.1, 0.15) is 26.2 Å². The maximum Gasteiger partial charge on any atom is 0.323 e. The monoisotopic (exact) mass is 186 g/mol. The molecule has 1 unspecified atom stereocenters.